The number of halogens is 4. The highest BCUT2D eigenvalue weighted by molar-refractivity contribution is 7.93. The minimum Gasteiger partial charge on any atom is -0.386 e. The summed E-state index contributed by atoms with van der Waals surface area (Å²) < 4.78 is 67.4. The summed E-state index contributed by atoms with van der Waals surface area (Å²) in [7, 11) is -3.84. The minimum absolute atomic E-state index is 0.0598. The molecule has 0 radical (unpaired) electrons. The van der Waals surface area contributed by atoms with Crippen molar-refractivity contribution in [1.29, 1.82) is 0 Å². The number of rotatable bonds is 3. The van der Waals surface area contributed by atoms with Crippen LogP contribution < -0.4 is 5.73 Å². The SMILES string of the molecule is CC1(c2cc(C=C(F)c3cnc(Cl)cn3)cc(F)c2F)CS(=O)(=O)C(C)(C)C(N)=N1. The Kier molecular flexibility index (Phi) is 5.44. The zero-order valence-corrected chi connectivity index (χ0v) is 17.8. The molecule has 2 aromatic rings. The largest absolute Gasteiger partial charge is 0.386 e. The molecule has 0 fully saturated rings. The topological polar surface area (TPSA) is 98.3 Å². The molecule has 30 heavy (non-hydrogen) atoms. The van der Waals surface area contributed by atoms with Gasteiger partial charge < -0.3 is 5.73 Å². The number of amidine groups is 1. The first-order chi connectivity index (χ1) is 13.8. The van der Waals surface area contributed by atoms with E-state index in [0.717, 1.165) is 30.6 Å². The van der Waals surface area contributed by atoms with Crippen molar-refractivity contribution in [3.63, 3.8) is 0 Å². The van der Waals surface area contributed by atoms with E-state index >= 15 is 0 Å². The highest BCUT2D eigenvalue weighted by Crippen LogP contribution is 2.39. The molecule has 1 unspecified atom stereocenters. The van der Waals surface area contributed by atoms with Crippen molar-refractivity contribution in [2.45, 2.75) is 31.1 Å². The van der Waals surface area contributed by atoms with Crippen molar-refractivity contribution in [2.75, 3.05) is 5.75 Å². The third kappa shape index (κ3) is 3.81. The van der Waals surface area contributed by atoms with E-state index in [0.29, 0.717) is 0 Å². The fraction of sp³-hybridized carbons (Fsp3) is 0.316. The summed E-state index contributed by atoms with van der Waals surface area (Å²) >= 11 is 5.61. The predicted octanol–water partition coefficient (Wildman–Crippen LogP) is 3.66. The van der Waals surface area contributed by atoms with Gasteiger partial charge in [-0.1, -0.05) is 11.6 Å². The first-order valence-electron chi connectivity index (χ1n) is 8.69. The van der Waals surface area contributed by atoms with E-state index in [2.05, 4.69) is 15.0 Å². The number of hydrogen-bond donors (Lipinski definition) is 1. The molecule has 1 aliphatic rings. The number of benzene rings is 1. The summed E-state index contributed by atoms with van der Waals surface area (Å²) in [4.78, 5) is 11.6. The molecular formula is C19H18ClF3N4O2S. The van der Waals surface area contributed by atoms with Crippen LogP contribution in [0.4, 0.5) is 13.2 Å². The molecule has 6 nitrogen and oxygen atoms in total. The van der Waals surface area contributed by atoms with Gasteiger partial charge in [0.2, 0.25) is 0 Å². The van der Waals surface area contributed by atoms with Crippen LogP contribution in [0.1, 0.15) is 37.6 Å². The van der Waals surface area contributed by atoms with Crippen LogP contribution in [0.25, 0.3) is 11.9 Å². The van der Waals surface area contributed by atoms with Gasteiger partial charge in [-0.2, -0.15) is 0 Å². The van der Waals surface area contributed by atoms with Gasteiger partial charge in [0.05, 0.1) is 18.1 Å². The molecule has 0 aliphatic carbocycles. The third-order valence-corrected chi connectivity index (χ3v) is 7.92. The van der Waals surface area contributed by atoms with Crippen molar-refractivity contribution >= 4 is 39.2 Å². The lowest BCUT2D eigenvalue weighted by Gasteiger charge is -2.38. The molecule has 1 aromatic carbocycles. The average Bonchev–Trinajstić information content (AvgIpc) is 2.63. The molecule has 0 saturated carbocycles. The molecule has 2 N–H and O–H groups in total. The number of aliphatic imine (C=N–C) groups is 1. The van der Waals surface area contributed by atoms with E-state index in [9.17, 15) is 21.6 Å². The first-order valence-corrected chi connectivity index (χ1v) is 10.7. The Balaban J connectivity index is 2.14. The maximum absolute atomic E-state index is 14.7. The van der Waals surface area contributed by atoms with Crippen LogP contribution in [-0.4, -0.2) is 34.7 Å². The smallest absolute Gasteiger partial charge is 0.165 e. The summed E-state index contributed by atoms with van der Waals surface area (Å²) in [5.74, 6) is -4.26. The first kappa shape index (κ1) is 22.2. The molecule has 11 heteroatoms. The monoisotopic (exact) mass is 458 g/mol. The molecule has 0 saturated heterocycles. The van der Waals surface area contributed by atoms with Gasteiger partial charge in [-0.05, 0) is 44.5 Å². The van der Waals surface area contributed by atoms with Crippen LogP contribution in [0, 0.1) is 11.6 Å². The Morgan fingerprint density at radius 2 is 1.87 bits per heavy atom. The molecule has 2 heterocycles. The molecule has 1 aromatic heterocycles. The summed E-state index contributed by atoms with van der Waals surface area (Å²) in [6.07, 6.45) is 3.13. The van der Waals surface area contributed by atoms with Crippen LogP contribution in [-0.2, 0) is 15.4 Å². The number of nitrogens with zero attached hydrogens (tertiary/aromatic N) is 3. The highest BCUT2D eigenvalue weighted by Gasteiger charge is 2.49. The standard InChI is InChI=1S/C19H18ClF3N4O2S/c1-18(2)17(24)27-19(3,9-30(18,28)29)11-4-10(6-13(22)16(11)23)5-12(21)14-7-26-15(20)8-25-14/h4-8H,9H2,1-3H3,(H2,24,27). The van der Waals surface area contributed by atoms with Crippen LogP contribution in [0.5, 0.6) is 0 Å². The molecule has 0 bridgehead atoms. The van der Waals surface area contributed by atoms with E-state index in [1.54, 1.807) is 0 Å². The Morgan fingerprint density at radius 3 is 2.43 bits per heavy atom. The van der Waals surface area contributed by atoms with Crippen molar-refractivity contribution in [2.24, 2.45) is 10.7 Å². The van der Waals surface area contributed by atoms with E-state index in [4.69, 9.17) is 17.3 Å². The van der Waals surface area contributed by atoms with Gasteiger partial charge in [0.1, 0.15) is 27.0 Å². The van der Waals surface area contributed by atoms with Gasteiger partial charge in [0.15, 0.2) is 27.3 Å². The van der Waals surface area contributed by atoms with Gasteiger partial charge in [0, 0.05) is 5.56 Å². The lowest BCUT2D eigenvalue weighted by atomic mass is 9.91. The lowest BCUT2D eigenvalue weighted by Crippen LogP contribution is -2.55. The number of nitrogens with two attached hydrogens (primary N) is 1. The fourth-order valence-corrected chi connectivity index (χ4v) is 4.80. The average molecular weight is 459 g/mol. The van der Waals surface area contributed by atoms with E-state index < -0.39 is 43.3 Å². The summed E-state index contributed by atoms with van der Waals surface area (Å²) in [5.41, 5.74) is 3.58. The Morgan fingerprint density at radius 1 is 1.20 bits per heavy atom. The fourth-order valence-electron chi connectivity index (χ4n) is 3.02. The van der Waals surface area contributed by atoms with Gasteiger partial charge in [-0.25, -0.2) is 31.6 Å². The van der Waals surface area contributed by atoms with Gasteiger partial charge in [-0.15, -0.1) is 0 Å². The summed E-state index contributed by atoms with van der Waals surface area (Å²) in [5, 5.41) is 0.0615. The van der Waals surface area contributed by atoms with Gasteiger partial charge >= 0.3 is 0 Å². The predicted molar refractivity (Wildman–Crippen MR) is 109 cm³/mol. The highest BCUT2D eigenvalue weighted by atomic mass is 35.5. The van der Waals surface area contributed by atoms with E-state index in [-0.39, 0.29) is 27.8 Å². The lowest BCUT2D eigenvalue weighted by molar-refractivity contribution is 0.445. The second kappa shape index (κ2) is 7.35. The molecule has 160 valence electrons. The molecule has 3 rings (SSSR count). The van der Waals surface area contributed by atoms with E-state index in [1.807, 2.05) is 0 Å². The second-order valence-electron chi connectivity index (χ2n) is 7.62. The van der Waals surface area contributed by atoms with Crippen molar-refractivity contribution in [1.82, 2.24) is 9.97 Å². The normalized spacial score (nSPS) is 23.2. The van der Waals surface area contributed by atoms with Crippen LogP contribution in [0.2, 0.25) is 5.15 Å². The van der Waals surface area contributed by atoms with Crippen LogP contribution in [0.3, 0.4) is 0 Å². The van der Waals surface area contributed by atoms with Gasteiger partial charge in [-0.3, -0.25) is 4.99 Å². The van der Waals surface area contributed by atoms with E-state index in [1.165, 1.54) is 20.8 Å². The van der Waals surface area contributed by atoms with Crippen molar-refractivity contribution in [3.05, 3.63) is 58.1 Å². The molecule has 0 amide bonds. The maximum Gasteiger partial charge on any atom is 0.165 e. The number of aromatic nitrogens is 2. The molecule has 1 atom stereocenters. The van der Waals surface area contributed by atoms with Crippen molar-refractivity contribution < 1.29 is 21.6 Å². The summed E-state index contributed by atoms with van der Waals surface area (Å²) in [6, 6.07) is 1.91. The van der Waals surface area contributed by atoms with Gasteiger partial charge in [0.25, 0.3) is 0 Å². The Bertz CT molecular complexity index is 1180. The maximum atomic E-state index is 14.7. The number of sulfone groups is 1. The molecular weight excluding hydrogens is 441 g/mol. The van der Waals surface area contributed by atoms with Crippen LogP contribution in [0.15, 0.2) is 29.5 Å². The second-order valence-corrected chi connectivity index (χ2v) is 10.5. The quantitative estimate of drug-likeness (QED) is 0.756. The zero-order valence-electron chi connectivity index (χ0n) is 16.2. The minimum atomic E-state index is -3.84. The zero-order chi connectivity index (χ0) is 22.5. The Labute approximate surface area is 176 Å². The Hall–Kier alpha value is -2.46. The third-order valence-electron chi connectivity index (χ3n) is 5.02. The van der Waals surface area contributed by atoms with Crippen LogP contribution >= 0.6 is 11.6 Å². The number of hydrogen-bond acceptors (Lipinski definition) is 6. The summed E-state index contributed by atoms with van der Waals surface area (Å²) in [6.45, 7) is 4.11. The van der Waals surface area contributed by atoms with Crippen molar-refractivity contribution in [3.8, 4) is 0 Å². The molecule has 1 aliphatic heterocycles. The molecule has 0 spiro atoms.